The largest absolute Gasteiger partial charge is 0.480 e. The first-order valence-corrected chi connectivity index (χ1v) is 7.44. The topological polar surface area (TPSA) is 78.4 Å². The second-order valence-corrected chi connectivity index (χ2v) is 6.99. The summed E-state index contributed by atoms with van der Waals surface area (Å²) in [5.74, 6) is -0.354. The molecule has 0 spiro atoms. The maximum Gasteiger partial charge on any atom is 0.326 e. The molecular weight excluding hydrogens is 256 g/mol. The van der Waals surface area contributed by atoms with E-state index in [2.05, 4.69) is 17.6 Å². The highest BCUT2D eigenvalue weighted by molar-refractivity contribution is 5.84. The lowest BCUT2D eigenvalue weighted by Gasteiger charge is -2.30. The highest BCUT2D eigenvalue weighted by Crippen LogP contribution is 2.23. The fourth-order valence-electron chi connectivity index (χ4n) is 2.69. The Hall–Kier alpha value is -1.10. The van der Waals surface area contributed by atoms with Crippen LogP contribution in [0.5, 0.6) is 0 Å². The van der Waals surface area contributed by atoms with Gasteiger partial charge in [0.05, 0.1) is 0 Å². The number of carboxylic acids is 1. The molecule has 1 heterocycles. The van der Waals surface area contributed by atoms with Crippen molar-refractivity contribution < 1.29 is 14.7 Å². The monoisotopic (exact) mass is 284 g/mol. The molecule has 5 nitrogen and oxygen atoms in total. The fourth-order valence-corrected chi connectivity index (χ4v) is 2.69. The van der Waals surface area contributed by atoms with Gasteiger partial charge in [0.1, 0.15) is 6.04 Å². The standard InChI is InChI=1S/C15H28N2O3/c1-10(11-6-5-7-16-9-11)8-12(18)17-13(14(19)20)15(2,3)4/h10-11,13,16H,5-9H2,1-4H3,(H,17,18)(H,19,20). The highest BCUT2D eigenvalue weighted by Gasteiger charge is 2.33. The average Bonchev–Trinajstić information content (AvgIpc) is 2.35. The Morgan fingerprint density at radius 3 is 2.50 bits per heavy atom. The van der Waals surface area contributed by atoms with Gasteiger partial charge in [-0.2, -0.15) is 0 Å². The number of amides is 1. The molecule has 1 rings (SSSR count). The first-order chi connectivity index (χ1) is 9.21. The summed E-state index contributed by atoms with van der Waals surface area (Å²) in [5.41, 5.74) is -0.489. The molecule has 3 N–H and O–H groups in total. The number of carbonyl (C=O) groups is 2. The van der Waals surface area contributed by atoms with E-state index in [1.807, 2.05) is 20.8 Å². The van der Waals surface area contributed by atoms with Gasteiger partial charge in [-0.1, -0.05) is 27.7 Å². The van der Waals surface area contributed by atoms with Gasteiger partial charge in [0, 0.05) is 6.42 Å². The van der Waals surface area contributed by atoms with Gasteiger partial charge < -0.3 is 15.7 Å². The molecule has 3 atom stereocenters. The van der Waals surface area contributed by atoms with Crippen molar-refractivity contribution in [3.8, 4) is 0 Å². The summed E-state index contributed by atoms with van der Waals surface area (Å²) in [7, 11) is 0. The number of carbonyl (C=O) groups excluding carboxylic acids is 1. The highest BCUT2D eigenvalue weighted by atomic mass is 16.4. The minimum absolute atomic E-state index is 0.162. The molecule has 0 bridgehead atoms. The smallest absolute Gasteiger partial charge is 0.326 e. The third-order valence-electron chi connectivity index (χ3n) is 4.07. The van der Waals surface area contributed by atoms with Gasteiger partial charge >= 0.3 is 5.97 Å². The van der Waals surface area contributed by atoms with Gasteiger partial charge in [-0.25, -0.2) is 4.79 Å². The van der Waals surface area contributed by atoms with Crippen LogP contribution in [0.25, 0.3) is 0 Å². The van der Waals surface area contributed by atoms with Crippen molar-refractivity contribution in [2.45, 2.75) is 53.0 Å². The van der Waals surface area contributed by atoms with Crippen LogP contribution in [0.1, 0.15) is 47.0 Å². The lowest BCUT2D eigenvalue weighted by atomic mass is 9.84. The van der Waals surface area contributed by atoms with Crippen molar-refractivity contribution in [3.05, 3.63) is 0 Å². The van der Waals surface area contributed by atoms with Gasteiger partial charge in [-0.05, 0) is 43.2 Å². The van der Waals surface area contributed by atoms with E-state index in [1.165, 1.54) is 0 Å². The number of hydrogen-bond acceptors (Lipinski definition) is 3. The molecule has 0 aromatic rings. The number of rotatable bonds is 5. The summed E-state index contributed by atoms with van der Waals surface area (Å²) in [6.07, 6.45) is 2.69. The minimum Gasteiger partial charge on any atom is -0.480 e. The van der Waals surface area contributed by atoms with Crippen molar-refractivity contribution in [3.63, 3.8) is 0 Å². The summed E-state index contributed by atoms with van der Waals surface area (Å²) in [6.45, 7) is 9.54. The van der Waals surface area contributed by atoms with Crippen molar-refractivity contribution in [1.29, 1.82) is 0 Å². The summed E-state index contributed by atoms with van der Waals surface area (Å²) in [4.78, 5) is 23.3. The quantitative estimate of drug-likeness (QED) is 0.717. The lowest BCUT2D eigenvalue weighted by molar-refractivity contribution is -0.145. The SMILES string of the molecule is CC(CC(=O)NC(C(=O)O)C(C)(C)C)C1CCCNC1. The lowest BCUT2D eigenvalue weighted by Crippen LogP contribution is -2.49. The Kier molecular flexibility index (Phi) is 5.99. The van der Waals surface area contributed by atoms with Crippen LogP contribution >= 0.6 is 0 Å². The second kappa shape index (κ2) is 7.07. The van der Waals surface area contributed by atoms with Crippen LogP contribution in [0.3, 0.4) is 0 Å². The Balaban J connectivity index is 2.50. The van der Waals surface area contributed by atoms with Crippen molar-refractivity contribution >= 4 is 11.9 Å². The summed E-state index contributed by atoms with van der Waals surface area (Å²) in [6, 6.07) is -0.841. The Morgan fingerprint density at radius 2 is 2.05 bits per heavy atom. The molecule has 1 amide bonds. The number of piperidine rings is 1. The third kappa shape index (κ3) is 5.12. The molecule has 0 aliphatic carbocycles. The molecule has 1 aliphatic heterocycles. The van der Waals surface area contributed by atoms with E-state index in [0.29, 0.717) is 12.3 Å². The van der Waals surface area contributed by atoms with Crippen LogP contribution in [0.15, 0.2) is 0 Å². The predicted molar refractivity (Wildman–Crippen MR) is 78.4 cm³/mol. The Bertz CT molecular complexity index is 344. The molecule has 116 valence electrons. The number of hydrogen-bond donors (Lipinski definition) is 3. The van der Waals surface area contributed by atoms with E-state index in [0.717, 1.165) is 25.9 Å². The van der Waals surface area contributed by atoms with Gasteiger partial charge in [-0.15, -0.1) is 0 Å². The predicted octanol–water partition coefficient (Wildman–Crippen LogP) is 1.63. The van der Waals surface area contributed by atoms with Crippen LogP contribution in [0, 0.1) is 17.3 Å². The summed E-state index contributed by atoms with van der Waals surface area (Å²) in [5, 5.41) is 15.2. The Morgan fingerprint density at radius 1 is 1.40 bits per heavy atom. The molecule has 0 aromatic heterocycles. The molecule has 0 radical (unpaired) electrons. The van der Waals surface area contributed by atoms with E-state index >= 15 is 0 Å². The molecule has 1 aliphatic rings. The maximum atomic E-state index is 12.1. The summed E-state index contributed by atoms with van der Waals surface area (Å²) >= 11 is 0. The number of nitrogens with one attached hydrogen (secondary N) is 2. The average molecular weight is 284 g/mol. The third-order valence-corrected chi connectivity index (χ3v) is 4.07. The van der Waals surface area contributed by atoms with Gasteiger partial charge in [0.15, 0.2) is 0 Å². The normalized spacial score (nSPS) is 22.9. The first kappa shape index (κ1) is 17.0. The van der Waals surface area contributed by atoms with Crippen LogP contribution < -0.4 is 10.6 Å². The van der Waals surface area contributed by atoms with Crippen LogP contribution in [0.2, 0.25) is 0 Å². The molecule has 3 unspecified atom stereocenters. The van der Waals surface area contributed by atoms with E-state index in [4.69, 9.17) is 0 Å². The fraction of sp³-hybridized carbons (Fsp3) is 0.867. The first-order valence-electron chi connectivity index (χ1n) is 7.44. The number of aliphatic carboxylic acids is 1. The molecule has 1 fully saturated rings. The molecule has 0 saturated carbocycles. The maximum absolute atomic E-state index is 12.1. The van der Waals surface area contributed by atoms with Crippen molar-refractivity contribution in [1.82, 2.24) is 10.6 Å². The molecule has 0 aromatic carbocycles. The van der Waals surface area contributed by atoms with Crippen LogP contribution in [-0.2, 0) is 9.59 Å². The van der Waals surface area contributed by atoms with Gasteiger partial charge in [0.2, 0.25) is 5.91 Å². The van der Waals surface area contributed by atoms with Crippen molar-refractivity contribution in [2.24, 2.45) is 17.3 Å². The molecule has 20 heavy (non-hydrogen) atoms. The van der Waals surface area contributed by atoms with E-state index in [1.54, 1.807) is 0 Å². The molecule has 5 heteroatoms. The Labute approximate surface area is 121 Å². The zero-order chi connectivity index (χ0) is 15.3. The van der Waals surface area contributed by atoms with Crippen molar-refractivity contribution in [2.75, 3.05) is 13.1 Å². The molecular formula is C15H28N2O3. The van der Waals surface area contributed by atoms with E-state index in [9.17, 15) is 14.7 Å². The second-order valence-electron chi connectivity index (χ2n) is 6.99. The van der Waals surface area contributed by atoms with E-state index in [-0.39, 0.29) is 11.8 Å². The van der Waals surface area contributed by atoms with Crippen LogP contribution in [-0.4, -0.2) is 36.1 Å². The van der Waals surface area contributed by atoms with E-state index < -0.39 is 17.4 Å². The van der Waals surface area contributed by atoms with Gasteiger partial charge in [0.25, 0.3) is 0 Å². The van der Waals surface area contributed by atoms with Crippen LogP contribution in [0.4, 0.5) is 0 Å². The number of carboxylic acid groups (broad SMARTS) is 1. The molecule has 1 saturated heterocycles. The minimum atomic E-state index is -0.974. The zero-order valence-corrected chi connectivity index (χ0v) is 13.0. The zero-order valence-electron chi connectivity index (χ0n) is 13.0. The van der Waals surface area contributed by atoms with Gasteiger partial charge in [-0.3, -0.25) is 4.79 Å². The summed E-state index contributed by atoms with van der Waals surface area (Å²) < 4.78 is 0.